The molecule has 1 N–H and O–H groups in total. The number of nitrogens with zero attached hydrogens (tertiary/aromatic N) is 3. The molecule has 0 saturated carbocycles. The molecule has 0 aliphatic carbocycles. The van der Waals surface area contributed by atoms with Crippen molar-refractivity contribution in [2.24, 2.45) is 0 Å². The monoisotopic (exact) mass is 281 g/mol. The first kappa shape index (κ1) is 13.3. The highest BCUT2D eigenvalue weighted by molar-refractivity contribution is 5.77. The summed E-state index contributed by atoms with van der Waals surface area (Å²) in [6.07, 6.45) is 4.20. The summed E-state index contributed by atoms with van der Waals surface area (Å²) < 4.78 is 2.07. The number of hydrogen-bond donors (Lipinski definition) is 1. The zero-order valence-electron chi connectivity index (χ0n) is 11.7. The molecule has 0 aliphatic rings. The van der Waals surface area contributed by atoms with Crippen LogP contribution in [-0.4, -0.2) is 25.6 Å². The van der Waals surface area contributed by atoms with Crippen molar-refractivity contribution in [2.45, 2.75) is 19.8 Å². The Kier molecular flexibility index (Phi) is 3.39. The van der Waals surface area contributed by atoms with E-state index in [1.165, 1.54) is 0 Å². The van der Waals surface area contributed by atoms with Crippen LogP contribution < -0.4 is 0 Å². The third-order valence-corrected chi connectivity index (χ3v) is 3.45. The molecular formula is C16H15N3O2. The lowest BCUT2D eigenvalue weighted by Crippen LogP contribution is -1.99. The molecule has 106 valence electrons. The highest BCUT2D eigenvalue weighted by Gasteiger charge is 2.09. The van der Waals surface area contributed by atoms with Gasteiger partial charge in [0.15, 0.2) is 0 Å². The van der Waals surface area contributed by atoms with E-state index in [0.717, 1.165) is 28.1 Å². The van der Waals surface area contributed by atoms with Crippen LogP contribution in [0.2, 0.25) is 0 Å². The molecule has 0 unspecified atom stereocenters. The largest absolute Gasteiger partial charge is 0.481 e. The average Bonchev–Trinajstić information content (AvgIpc) is 2.81. The fourth-order valence-corrected chi connectivity index (χ4v) is 2.44. The number of carbonyl (C=O) groups is 1. The second-order valence-corrected chi connectivity index (χ2v) is 4.92. The minimum absolute atomic E-state index is 0.151. The summed E-state index contributed by atoms with van der Waals surface area (Å²) in [4.78, 5) is 19.2. The highest BCUT2D eigenvalue weighted by Crippen LogP contribution is 2.20. The van der Waals surface area contributed by atoms with Gasteiger partial charge >= 0.3 is 5.97 Å². The lowest BCUT2D eigenvalue weighted by Gasteiger charge is -2.08. The van der Waals surface area contributed by atoms with E-state index in [1.807, 2.05) is 37.3 Å². The lowest BCUT2D eigenvalue weighted by molar-refractivity contribution is -0.136. The van der Waals surface area contributed by atoms with Crippen molar-refractivity contribution >= 4 is 17.0 Å². The molecule has 0 radical (unpaired) electrons. The zero-order chi connectivity index (χ0) is 14.8. The molecule has 5 nitrogen and oxygen atoms in total. The number of carboxylic acid groups (broad SMARTS) is 1. The number of rotatable bonds is 4. The van der Waals surface area contributed by atoms with Crippen LogP contribution >= 0.6 is 0 Å². The van der Waals surface area contributed by atoms with Crippen LogP contribution in [-0.2, 0) is 11.2 Å². The Morgan fingerprint density at radius 1 is 1.24 bits per heavy atom. The Morgan fingerprint density at radius 2 is 2.00 bits per heavy atom. The van der Waals surface area contributed by atoms with E-state index in [9.17, 15) is 4.79 Å². The maximum Gasteiger partial charge on any atom is 0.303 e. The van der Waals surface area contributed by atoms with Gasteiger partial charge in [-0.1, -0.05) is 12.1 Å². The van der Waals surface area contributed by atoms with Crippen LogP contribution in [0.5, 0.6) is 0 Å². The second kappa shape index (κ2) is 5.36. The molecule has 0 saturated heterocycles. The van der Waals surface area contributed by atoms with Crippen molar-refractivity contribution in [1.29, 1.82) is 0 Å². The summed E-state index contributed by atoms with van der Waals surface area (Å²) in [6.45, 7) is 1.96. The summed E-state index contributed by atoms with van der Waals surface area (Å²) in [5, 5.41) is 8.72. The van der Waals surface area contributed by atoms with E-state index in [0.29, 0.717) is 6.42 Å². The first-order valence-electron chi connectivity index (χ1n) is 6.75. The molecule has 0 amide bonds. The quantitative estimate of drug-likeness (QED) is 0.798. The van der Waals surface area contributed by atoms with Gasteiger partial charge in [0, 0.05) is 18.3 Å². The molecule has 0 atom stereocenters. The maximum atomic E-state index is 10.6. The summed E-state index contributed by atoms with van der Waals surface area (Å²) in [5.74, 6) is 0.124. The van der Waals surface area contributed by atoms with Gasteiger partial charge in [0.25, 0.3) is 0 Å². The molecular weight excluding hydrogens is 266 g/mol. The highest BCUT2D eigenvalue weighted by atomic mass is 16.4. The van der Waals surface area contributed by atoms with Crippen LogP contribution in [0.15, 0.2) is 42.7 Å². The SMILES string of the molecule is Cc1nc2cnccc2n1-c1ccc(CCC(=O)O)cc1. The second-order valence-electron chi connectivity index (χ2n) is 4.92. The van der Waals surface area contributed by atoms with Crippen molar-refractivity contribution in [3.05, 3.63) is 54.1 Å². The average molecular weight is 281 g/mol. The summed E-state index contributed by atoms with van der Waals surface area (Å²) in [6, 6.07) is 9.85. The number of carboxylic acids is 1. The Morgan fingerprint density at radius 3 is 2.71 bits per heavy atom. The van der Waals surface area contributed by atoms with Gasteiger partial charge in [-0.25, -0.2) is 4.98 Å². The van der Waals surface area contributed by atoms with Gasteiger partial charge in [-0.15, -0.1) is 0 Å². The Bertz CT molecular complexity index is 791. The van der Waals surface area contributed by atoms with Crippen molar-refractivity contribution < 1.29 is 9.90 Å². The molecule has 1 aromatic carbocycles. The standard InChI is InChI=1S/C16H15N3O2/c1-11-18-14-10-17-9-8-15(14)19(11)13-5-2-12(3-6-13)4-7-16(20)21/h2-3,5-6,8-10H,4,7H2,1H3,(H,20,21). The topological polar surface area (TPSA) is 68.0 Å². The van der Waals surface area contributed by atoms with Crippen molar-refractivity contribution in [2.75, 3.05) is 0 Å². The third kappa shape index (κ3) is 2.63. The lowest BCUT2D eigenvalue weighted by atomic mass is 10.1. The number of aliphatic carboxylic acids is 1. The van der Waals surface area contributed by atoms with Gasteiger partial charge in [0.1, 0.15) is 11.3 Å². The van der Waals surface area contributed by atoms with E-state index in [1.54, 1.807) is 12.4 Å². The molecule has 21 heavy (non-hydrogen) atoms. The minimum Gasteiger partial charge on any atom is -0.481 e. The Labute approximate surface area is 121 Å². The minimum atomic E-state index is -0.775. The molecule has 3 rings (SSSR count). The first-order valence-corrected chi connectivity index (χ1v) is 6.75. The van der Waals surface area contributed by atoms with Gasteiger partial charge in [-0.2, -0.15) is 0 Å². The van der Waals surface area contributed by atoms with Gasteiger partial charge in [-0.05, 0) is 37.1 Å². The molecule has 3 aromatic rings. The number of aryl methyl sites for hydroxylation is 2. The van der Waals surface area contributed by atoms with Crippen molar-refractivity contribution in [3.8, 4) is 5.69 Å². The van der Waals surface area contributed by atoms with E-state index in [4.69, 9.17) is 5.11 Å². The summed E-state index contributed by atoms with van der Waals surface area (Å²) in [5.41, 5.74) is 3.91. The number of aromatic nitrogens is 3. The van der Waals surface area contributed by atoms with E-state index in [-0.39, 0.29) is 6.42 Å². The smallest absolute Gasteiger partial charge is 0.303 e. The number of benzene rings is 1. The number of imidazole rings is 1. The predicted octanol–water partition coefficient (Wildman–Crippen LogP) is 2.75. The first-order chi connectivity index (χ1) is 10.1. The van der Waals surface area contributed by atoms with Crippen molar-refractivity contribution in [1.82, 2.24) is 14.5 Å². The van der Waals surface area contributed by atoms with E-state index >= 15 is 0 Å². The molecule has 2 heterocycles. The predicted molar refractivity (Wildman–Crippen MR) is 79.6 cm³/mol. The molecule has 0 spiro atoms. The van der Waals surface area contributed by atoms with Crippen LogP contribution in [0.3, 0.4) is 0 Å². The summed E-state index contributed by atoms with van der Waals surface area (Å²) in [7, 11) is 0. The van der Waals surface area contributed by atoms with E-state index in [2.05, 4.69) is 14.5 Å². The van der Waals surface area contributed by atoms with Crippen LogP contribution in [0.1, 0.15) is 17.8 Å². The maximum absolute atomic E-state index is 10.6. The molecule has 0 bridgehead atoms. The Hall–Kier alpha value is -2.69. The number of hydrogen-bond acceptors (Lipinski definition) is 3. The molecule has 0 fully saturated rings. The van der Waals surface area contributed by atoms with Crippen LogP contribution in [0.4, 0.5) is 0 Å². The molecule has 0 aliphatic heterocycles. The van der Waals surface area contributed by atoms with Gasteiger partial charge in [-0.3, -0.25) is 14.3 Å². The summed E-state index contributed by atoms with van der Waals surface area (Å²) >= 11 is 0. The van der Waals surface area contributed by atoms with Crippen LogP contribution in [0.25, 0.3) is 16.7 Å². The van der Waals surface area contributed by atoms with Crippen LogP contribution in [0, 0.1) is 6.92 Å². The zero-order valence-corrected chi connectivity index (χ0v) is 11.7. The Balaban J connectivity index is 1.96. The van der Waals surface area contributed by atoms with Gasteiger partial charge < -0.3 is 5.11 Å². The fourth-order valence-electron chi connectivity index (χ4n) is 2.44. The molecule has 2 aromatic heterocycles. The van der Waals surface area contributed by atoms with Crippen molar-refractivity contribution in [3.63, 3.8) is 0 Å². The van der Waals surface area contributed by atoms with Gasteiger partial charge in [0.05, 0.1) is 11.7 Å². The normalized spacial score (nSPS) is 10.9. The fraction of sp³-hybridized carbons (Fsp3) is 0.188. The van der Waals surface area contributed by atoms with E-state index < -0.39 is 5.97 Å². The molecule has 5 heteroatoms. The number of fused-ring (bicyclic) bond motifs is 1. The van der Waals surface area contributed by atoms with Gasteiger partial charge in [0.2, 0.25) is 0 Å². The number of pyridine rings is 1. The third-order valence-electron chi connectivity index (χ3n) is 3.45.